The quantitative estimate of drug-likeness (QED) is 0.739. The Morgan fingerprint density at radius 2 is 1.93 bits per heavy atom. The molecule has 7 heteroatoms. The van der Waals surface area contributed by atoms with Gasteiger partial charge in [-0.3, -0.25) is 0 Å². The molecule has 2 aromatic carbocycles. The maximum Gasteiger partial charge on any atom is 0.310 e. The Morgan fingerprint density at radius 3 is 2.67 bits per heavy atom. The summed E-state index contributed by atoms with van der Waals surface area (Å²) in [5, 5.41) is 0. The van der Waals surface area contributed by atoms with Gasteiger partial charge in [-0.05, 0) is 31.5 Å². The topological polar surface area (TPSA) is 76.3 Å². The Bertz CT molecular complexity index is 1030. The number of hydrogen-bond acceptors (Lipinski definition) is 4. The van der Waals surface area contributed by atoms with Crippen molar-refractivity contribution in [2.24, 2.45) is 10.7 Å². The molecule has 0 spiro atoms. The summed E-state index contributed by atoms with van der Waals surface area (Å²) in [6.45, 7) is 2.67. The first-order chi connectivity index (χ1) is 12.8. The van der Waals surface area contributed by atoms with Crippen molar-refractivity contribution in [2.45, 2.75) is 31.8 Å². The summed E-state index contributed by atoms with van der Waals surface area (Å²) >= 11 is 0. The third kappa shape index (κ3) is 3.03. The molecule has 2 heterocycles. The lowest BCUT2D eigenvalue weighted by molar-refractivity contribution is -0.171. The first-order valence-corrected chi connectivity index (χ1v) is 8.68. The summed E-state index contributed by atoms with van der Waals surface area (Å²) < 4.78 is 34.3. The van der Waals surface area contributed by atoms with Crippen LogP contribution >= 0.6 is 0 Å². The van der Waals surface area contributed by atoms with E-state index in [1.807, 2.05) is 31.2 Å². The minimum absolute atomic E-state index is 0.229. The molecule has 0 bridgehead atoms. The fourth-order valence-electron chi connectivity index (χ4n) is 3.26. The van der Waals surface area contributed by atoms with Gasteiger partial charge in [-0.1, -0.05) is 35.9 Å². The molecule has 3 N–H and O–H groups in total. The van der Waals surface area contributed by atoms with Crippen molar-refractivity contribution in [3.05, 3.63) is 65.0 Å². The van der Waals surface area contributed by atoms with Gasteiger partial charge in [0.1, 0.15) is 12.4 Å². The molecule has 0 aliphatic carbocycles. The highest BCUT2D eigenvalue weighted by molar-refractivity contribution is 5.77. The molecule has 140 valence electrons. The van der Waals surface area contributed by atoms with Gasteiger partial charge in [0.05, 0.1) is 11.0 Å². The number of hydrogen-bond donors (Lipinski definition) is 2. The molecule has 4 rings (SSSR count). The minimum atomic E-state index is -3.17. The van der Waals surface area contributed by atoms with Gasteiger partial charge in [0.25, 0.3) is 6.02 Å². The van der Waals surface area contributed by atoms with Crippen LogP contribution in [0.3, 0.4) is 0 Å². The summed E-state index contributed by atoms with van der Waals surface area (Å²) in [5.41, 5.74) is 7.70. The number of nitrogens with two attached hydrogens (primary N) is 1. The molecule has 0 radical (unpaired) electrons. The lowest BCUT2D eigenvalue weighted by atomic mass is 9.88. The first kappa shape index (κ1) is 17.5. The summed E-state index contributed by atoms with van der Waals surface area (Å²) in [7, 11) is 0. The van der Waals surface area contributed by atoms with E-state index in [0.717, 1.165) is 11.4 Å². The molecule has 27 heavy (non-hydrogen) atoms. The standard InChI is InChI=1S/C20H20F2N4O/c1-12-3-5-13(6-4-12)9-17-25-15-8-7-14(10-16(15)26-17)19(2)20(21,22)11-24-18(23)27-19/h3-8,10H,9,11H2,1-2H3,(H2,23,24)(H,25,26)/t19-/m1/s1. The molecule has 0 amide bonds. The molecule has 0 fully saturated rings. The number of rotatable bonds is 3. The number of aryl methyl sites for hydroxylation is 1. The molecule has 0 saturated heterocycles. The minimum Gasteiger partial charge on any atom is -0.448 e. The zero-order chi connectivity index (χ0) is 19.2. The molecule has 0 saturated carbocycles. The lowest BCUT2D eigenvalue weighted by Crippen LogP contribution is -2.53. The SMILES string of the molecule is Cc1ccc(Cc2nc3ccc([C@@]4(C)OC(N)=NCC4(F)F)cc3[nH]2)cc1. The van der Waals surface area contributed by atoms with Crippen LogP contribution in [0.25, 0.3) is 11.0 Å². The molecule has 1 aromatic heterocycles. The summed E-state index contributed by atoms with van der Waals surface area (Å²) in [6.07, 6.45) is 0.633. The fourth-order valence-corrected chi connectivity index (χ4v) is 3.26. The number of ether oxygens (including phenoxy) is 1. The Balaban J connectivity index is 1.68. The van der Waals surface area contributed by atoms with E-state index in [9.17, 15) is 8.78 Å². The highest BCUT2D eigenvalue weighted by atomic mass is 19.3. The maximum atomic E-state index is 14.5. The summed E-state index contributed by atoms with van der Waals surface area (Å²) in [6, 6.07) is 12.9. The van der Waals surface area contributed by atoms with Crippen molar-refractivity contribution in [1.29, 1.82) is 0 Å². The number of aromatic amines is 1. The molecule has 5 nitrogen and oxygen atoms in total. The van der Waals surface area contributed by atoms with E-state index in [1.165, 1.54) is 12.5 Å². The van der Waals surface area contributed by atoms with Crippen molar-refractivity contribution in [1.82, 2.24) is 9.97 Å². The van der Waals surface area contributed by atoms with E-state index in [2.05, 4.69) is 15.0 Å². The number of aromatic nitrogens is 2. The number of nitrogens with one attached hydrogen (secondary N) is 1. The monoisotopic (exact) mass is 370 g/mol. The summed E-state index contributed by atoms with van der Waals surface area (Å²) in [4.78, 5) is 11.3. The molecule has 1 aliphatic rings. The molecule has 1 aliphatic heterocycles. The second kappa shape index (κ2) is 6.04. The Morgan fingerprint density at radius 1 is 1.19 bits per heavy atom. The van der Waals surface area contributed by atoms with Gasteiger partial charge in [0.2, 0.25) is 0 Å². The largest absolute Gasteiger partial charge is 0.448 e. The van der Waals surface area contributed by atoms with Gasteiger partial charge in [-0.15, -0.1) is 0 Å². The number of alkyl halides is 2. The Hall–Kier alpha value is -2.96. The molecule has 0 unspecified atom stereocenters. The van der Waals surface area contributed by atoms with Crippen LogP contribution in [0.2, 0.25) is 0 Å². The van der Waals surface area contributed by atoms with Crippen molar-refractivity contribution >= 4 is 17.1 Å². The van der Waals surface area contributed by atoms with Gasteiger partial charge in [0.15, 0.2) is 5.60 Å². The van der Waals surface area contributed by atoms with Gasteiger partial charge in [-0.2, -0.15) is 8.78 Å². The third-order valence-electron chi connectivity index (χ3n) is 5.01. The number of aliphatic imine (C=N–C) groups is 1. The van der Waals surface area contributed by atoms with E-state index >= 15 is 0 Å². The number of halogens is 2. The van der Waals surface area contributed by atoms with Crippen LogP contribution in [-0.2, 0) is 16.8 Å². The van der Waals surface area contributed by atoms with Crippen molar-refractivity contribution in [2.75, 3.05) is 6.54 Å². The van der Waals surface area contributed by atoms with Crippen molar-refractivity contribution < 1.29 is 13.5 Å². The van der Waals surface area contributed by atoms with Crippen LogP contribution in [0.15, 0.2) is 47.5 Å². The highest BCUT2D eigenvalue weighted by Crippen LogP contribution is 2.43. The Labute approximate surface area is 155 Å². The second-order valence-corrected chi connectivity index (χ2v) is 7.07. The number of benzene rings is 2. The second-order valence-electron chi connectivity index (χ2n) is 7.07. The first-order valence-electron chi connectivity index (χ1n) is 8.68. The number of amidine groups is 1. The molecule has 1 atom stereocenters. The van der Waals surface area contributed by atoms with Crippen LogP contribution in [-0.4, -0.2) is 28.5 Å². The van der Waals surface area contributed by atoms with Crippen LogP contribution in [0.1, 0.15) is 29.4 Å². The zero-order valence-electron chi connectivity index (χ0n) is 15.1. The summed E-state index contributed by atoms with van der Waals surface area (Å²) in [5.74, 6) is -2.40. The van der Waals surface area contributed by atoms with E-state index in [0.29, 0.717) is 23.0 Å². The highest BCUT2D eigenvalue weighted by Gasteiger charge is 2.56. The smallest absolute Gasteiger partial charge is 0.310 e. The van der Waals surface area contributed by atoms with Crippen molar-refractivity contribution in [3.8, 4) is 0 Å². The average molecular weight is 370 g/mol. The number of fused-ring (bicyclic) bond motifs is 1. The van der Waals surface area contributed by atoms with Gasteiger partial charge >= 0.3 is 5.92 Å². The predicted molar refractivity (Wildman–Crippen MR) is 100.0 cm³/mol. The normalized spacial score (nSPS) is 21.7. The zero-order valence-corrected chi connectivity index (χ0v) is 15.1. The van der Waals surface area contributed by atoms with E-state index in [-0.39, 0.29) is 6.02 Å². The third-order valence-corrected chi connectivity index (χ3v) is 5.01. The number of H-pyrrole nitrogens is 1. The number of nitrogens with zero attached hydrogens (tertiary/aromatic N) is 2. The van der Waals surface area contributed by atoms with E-state index in [1.54, 1.807) is 18.2 Å². The molecular formula is C20H20F2N4O. The van der Waals surface area contributed by atoms with Crippen LogP contribution in [0, 0.1) is 6.92 Å². The number of imidazole rings is 1. The molecular weight excluding hydrogens is 350 g/mol. The van der Waals surface area contributed by atoms with Crippen LogP contribution in [0.5, 0.6) is 0 Å². The lowest BCUT2D eigenvalue weighted by Gasteiger charge is -2.39. The van der Waals surface area contributed by atoms with E-state index < -0.39 is 18.1 Å². The van der Waals surface area contributed by atoms with Gasteiger partial charge in [-0.25, -0.2) is 9.98 Å². The maximum absolute atomic E-state index is 14.5. The Kier molecular flexibility index (Phi) is 3.91. The van der Waals surface area contributed by atoms with Gasteiger partial charge in [0, 0.05) is 12.0 Å². The fraction of sp³-hybridized carbons (Fsp3) is 0.300. The van der Waals surface area contributed by atoms with Gasteiger partial charge < -0.3 is 15.5 Å². The van der Waals surface area contributed by atoms with Crippen molar-refractivity contribution in [3.63, 3.8) is 0 Å². The predicted octanol–water partition coefficient (Wildman–Crippen LogP) is 3.66. The molecule has 3 aromatic rings. The average Bonchev–Trinajstić information content (AvgIpc) is 3.02. The van der Waals surface area contributed by atoms with Crippen LogP contribution < -0.4 is 5.73 Å². The van der Waals surface area contributed by atoms with Crippen LogP contribution in [0.4, 0.5) is 8.78 Å². The van der Waals surface area contributed by atoms with E-state index in [4.69, 9.17) is 10.5 Å².